The van der Waals surface area contributed by atoms with Crippen molar-refractivity contribution in [3.8, 4) is 5.75 Å². The van der Waals surface area contributed by atoms with Gasteiger partial charge in [0.25, 0.3) is 0 Å². The van der Waals surface area contributed by atoms with E-state index in [1.165, 1.54) is 0 Å². The number of ether oxygens (including phenoxy) is 1. The van der Waals surface area contributed by atoms with Crippen molar-refractivity contribution in [2.75, 3.05) is 5.32 Å². The van der Waals surface area contributed by atoms with Crippen LogP contribution in [0.4, 0.5) is 5.69 Å². The minimum atomic E-state index is -0.525. The van der Waals surface area contributed by atoms with Crippen LogP contribution in [0.1, 0.15) is 6.42 Å². The van der Waals surface area contributed by atoms with Crippen molar-refractivity contribution in [3.05, 3.63) is 24.3 Å². The Bertz CT molecular complexity index is 383. The van der Waals surface area contributed by atoms with Crippen molar-refractivity contribution in [3.63, 3.8) is 0 Å². The zero-order chi connectivity index (χ0) is 10.4. The van der Waals surface area contributed by atoms with Crippen LogP contribution >= 0.6 is 0 Å². The molecule has 1 aromatic rings. The monoisotopic (exact) mass is 206 g/mol. The maximum absolute atomic E-state index is 9.85. The summed E-state index contributed by atoms with van der Waals surface area (Å²) in [4.78, 5) is 0. The average molecular weight is 206 g/mol. The molecule has 0 bridgehead atoms. The molecular weight excluding hydrogens is 192 g/mol. The molecule has 1 saturated carbocycles. The molecule has 80 valence electrons. The minimum absolute atomic E-state index is 0.00935. The van der Waals surface area contributed by atoms with Crippen molar-refractivity contribution in [2.45, 2.75) is 30.7 Å². The van der Waals surface area contributed by atoms with Crippen LogP contribution in [-0.4, -0.2) is 29.4 Å². The van der Waals surface area contributed by atoms with Crippen molar-refractivity contribution in [2.24, 2.45) is 5.73 Å². The van der Waals surface area contributed by atoms with Crippen LogP contribution in [-0.2, 0) is 0 Å². The van der Waals surface area contributed by atoms with E-state index >= 15 is 0 Å². The number of hydrogen-bond acceptors (Lipinski definition) is 4. The fourth-order valence-electron chi connectivity index (χ4n) is 2.37. The summed E-state index contributed by atoms with van der Waals surface area (Å²) in [5.74, 6) is 0.847. The van der Waals surface area contributed by atoms with Gasteiger partial charge in [0.15, 0.2) is 0 Å². The Balaban J connectivity index is 1.93. The lowest BCUT2D eigenvalue weighted by Gasteiger charge is -2.31. The van der Waals surface area contributed by atoms with E-state index < -0.39 is 6.10 Å². The Labute approximate surface area is 88.0 Å². The Hall–Kier alpha value is -1.26. The van der Waals surface area contributed by atoms with Gasteiger partial charge in [0.2, 0.25) is 0 Å². The van der Waals surface area contributed by atoms with Gasteiger partial charge in [-0.2, -0.15) is 0 Å². The molecule has 1 aliphatic carbocycles. The highest BCUT2D eigenvalue weighted by molar-refractivity contribution is 5.59. The van der Waals surface area contributed by atoms with Crippen LogP contribution in [0.5, 0.6) is 5.75 Å². The molecule has 2 aliphatic rings. The molecule has 4 atom stereocenters. The highest BCUT2D eigenvalue weighted by atomic mass is 16.5. The SMILES string of the molecule is N[C@@H]1C[C@H]2Oc3ccccc3N[C@H]2[C@@H]1O. The number of rotatable bonds is 0. The summed E-state index contributed by atoms with van der Waals surface area (Å²) in [5.41, 5.74) is 6.74. The van der Waals surface area contributed by atoms with Crippen molar-refractivity contribution < 1.29 is 9.84 Å². The van der Waals surface area contributed by atoms with Gasteiger partial charge in [0.05, 0.1) is 17.8 Å². The molecule has 15 heavy (non-hydrogen) atoms. The second-order valence-corrected chi connectivity index (χ2v) is 4.21. The normalized spacial score (nSPS) is 37.5. The molecule has 0 aromatic heterocycles. The quantitative estimate of drug-likeness (QED) is 0.572. The van der Waals surface area contributed by atoms with Crippen LogP contribution in [0.15, 0.2) is 24.3 Å². The Morgan fingerprint density at radius 2 is 2.20 bits per heavy atom. The number of anilines is 1. The summed E-state index contributed by atoms with van der Waals surface area (Å²) >= 11 is 0. The van der Waals surface area contributed by atoms with E-state index in [1.54, 1.807) is 0 Å². The van der Waals surface area contributed by atoms with Gasteiger partial charge >= 0.3 is 0 Å². The second kappa shape index (κ2) is 3.12. The summed E-state index contributed by atoms with van der Waals surface area (Å²) in [6.07, 6.45) is 0.168. The molecule has 1 fully saturated rings. The third kappa shape index (κ3) is 1.29. The molecule has 0 saturated heterocycles. The predicted molar refractivity (Wildman–Crippen MR) is 56.9 cm³/mol. The van der Waals surface area contributed by atoms with Crippen LogP contribution in [0.2, 0.25) is 0 Å². The molecule has 3 rings (SSSR count). The largest absolute Gasteiger partial charge is 0.486 e. The number of benzene rings is 1. The van der Waals surface area contributed by atoms with Crippen LogP contribution < -0.4 is 15.8 Å². The Morgan fingerprint density at radius 1 is 1.40 bits per heavy atom. The zero-order valence-electron chi connectivity index (χ0n) is 8.26. The molecule has 1 heterocycles. The van der Waals surface area contributed by atoms with Crippen LogP contribution in [0.3, 0.4) is 0 Å². The minimum Gasteiger partial charge on any atom is -0.486 e. The lowest BCUT2D eigenvalue weighted by atomic mass is 10.1. The molecule has 0 radical (unpaired) electrons. The first-order chi connectivity index (χ1) is 7.25. The maximum Gasteiger partial charge on any atom is 0.142 e. The van der Waals surface area contributed by atoms with E-state index in [9.17, 15) is 5.11 Å². The maximum atomic E-state index is 9.85. The third-order valence-corrected chi connectivity index (χ3v) is 3.20. The summed E-state index contributed by atoms with van der Waals surface area (Å²) in [6, 6.07) is 7.48. The topological polar surface area (TPSA) is 67.5 Å². The molecule has 4 N–H and O–H groups in total. The van der Waals surface area contributed by atoms with Gasteiger partial charge in [-0.3, -0.25) is 0 Å². The third-order valence-electron chi connectivity index (χ3n) is 3.20. The summed E-state index contributed by atoms with van der Waals surface area (Å²) in [5, 5.41) is 13.1. The molecule has 0 unspecified atom stereocenters. The number of para-hydroxylation sites is 2. The molecule has 1 aliphatic heterocycles. The van der Waals surface area contributed by atoms with Crippen molar-refractivity contribution in [1.29, 1.82) is 0 Å². The van der Waals surface area contributed by atoms with Crippen molar-refractivity contribution >= 4 is 5.69 Å². The van der Waals surface area contributed by atoms with E-state index in [0.717, 1.165) is 11.4 Å². The number of hydrogen-bond donors (Lipinski definition) is 3. The van der Waals surface area contributed by atoms with Gasteiger partial charge < -0.3 is 20.9 Å². The number of nitrogens with two attached hydrogens (primary N) is 1. The summed E-state index contributed by atoms with van der Waals surface area (Å²) in [6.45, 7) is 0. The van der Waals surface area contributed by atoms with E-state index in [2.05, 4.69) is 5.32 Å². The standard InChI is InChI=1S/C11H14N2O2/c12-6-5-9-10(11(6)14)13-7-3-1-2-4-8(7)15-9/h1-4,6,9-11,13-14H,5,12H2/t6-,9-,10-,11-/m1/s1. The highest BCUT2D eigenvalue weighted by Crippen LogP contribution is 2.36. The fourth-order valence-corrected chi connectivity index (χ4v) is 2.37. The first kappa shape index (κ1) is 9.00. The smallest absolute Gasteiger partial charge is 0.142 e. The van der Waals surface area contributed by atoms with Gasteiger partial charge in [-0.25, -0.2) is 0 Å². The molecular formula is C11H14N2O2. The second-order valence-electron chi connectivity index (χ2n) is 4.21. The van der Waals surface area contributed by atoms with E-state index in [0.29, 0.717) is 6.42 Å². The van der Waals surface area contributed by atoms with Crippen LogP contribution in [0, 0.1) is 0 Å². The van der Waals surface area contributed by atoms with Gasteiger partial charge in [-0.1, -0.05) is 12.1 Å². The number of fused-ring (bicyclic) bond motifs is 2. The average Bonchev–Trinajstić information content (AvgIpc) is 2.52. The van der Waals surface area contributed by atoms with Gasteiger partial charge in [-0.15, -0.1) is 0 Å². The molecule has 0 amide bonds. The Morgan fingerprint density at radius 3 is 3.07 bits per heavy atom. The first-order valence-electron chi connectivity index (χ1n) is 5.21. The lowest BCUT2D eigenvalue weighted by Crippen LogP contribution is -2.45. The first-order valence-corrected chi connectivity index (χ1v) is 5.21. The predicted octanol–water partition coefficient (Wildman–Crippen LogP) is 0.320. The van der Waals surface area contributed by atoms with E-state index in [-0.39, 0.29) is 18.2 Å². The van der Waals surface area contributed by atoms with Gasteiger partial charge in [-0.05, 0) is 12.1 Å². The van der Waals surface area contributed by atoms with Crippen molar-refractivity contribution in [1.82, 2.24) is 0 Å². The molecule has 4 nitrogen and oxygen atoms in total. The number of aliphatic hydroxyl groups excluding tert-OH is 1. The highest BCUT2D eigenvalue weighted by Gasteiger charge is 2.44. The lowest BCUT2D eigenvalue weighted by molar-refractivity contribution is 0.120. The molecule has 4 heteroatoms. The Kier molecular flexibility index (Phi) is 1.87. The number of aliphatic hydroxyl groups is 1. The summed E-state index contributed by atoms with van der Waals surface area (Å²) in [7, 11) is 0. The fraction of sp³-hybridized carbons (Fsp3) is 0.455. The van der Waals surface area contributed by atoms with Crippen LogP contribution in [0.25, 0.3) is 0 Å². The zero-order valence-corrected chi connectivity index (χ0v) is 8.26. The van der Waals surface area contributed by atoms with Gasteiger partial charge in [0, 0.05) is 12.5 Å². The van der Waals surface area contributed by atoms with Gasteiger partial charge in [0.1, 0.15) is 11.9 Å². The molecule has 0 spiro atoms. The van der Waals surface area contributed by atoms with E-state index in [1.807, 2.05) is 24.3 Å². The number of nitrogens with one attached hydrogen (secondary N) is 1. The molecule has 1 aromatic carbocycles. The summed E-state index contributed by atoms with van der Waals surface area (Å²) < 4.78 is 5.79. The van der Waals surface area contributed by atoms with E-state index in [4.69, 9.17) is 10.5 Å².